The third-order valence-electron chi connectivity index (χ3n) is 3.37. The van der Waals surface area contributed by atoms with Gasteiger partial charge in [-0.25, -0.2) is 0 Å². The third-order valence-corrected chi connectivity index (χ3v) is 5.24. The maximum atomic E-state index is 12.6. The smallest absolute Gasteiger partial charge is 0.256 e. The lowest BCUT2D eigenvalue weighted by Crippen LogP contribution is -2.34. The highest BCUT2D eigenvalue weighted by atomic mass is 79.9. The molecule has 1 aromatic carbocycles. The van der Waals surface area contributed by atoms with Crippen LogP contribution in [0.15, 0.2) is 22.7 Å². The van der Waals surface area contributed by atoms with E-state index in [1.54, 1.807) is 12.1 Å². The van der Waals surface area contributed by atoms with Gasteiger partial charge in [-0.15, -0.1) is 0 Å². The van der Waals surface area contributed by atoms with Crippen LogP contribution in [-0.4, -0.2) is 34.4 Å². The number of nitrogen functional groups attached to an aromatic ring is 1. The van der Waals surface area contributed by atoms with Crippen molar-refractivity contribution in [2.45, 2.75) is 25.0 Å². The molecule has 0 radical (unpaired) electrons. The number of hydrogen-bond acceptors (Lipinski definition) is 3. The summed E-state index contributed by atoms with van der Waals surface area (Å²) in [6.07, 6.45) is 1.01. The molecule has 0 aromatic heterocycles. The number of nitrogens with zero attached hydrogens (tertiary/aromatic N) is 1. The zero-order chi connectivity index (χ0) is 14.0. The van der Waals surface area contributed by atoms with Gasteiger partial charge in [-0.2, -0.15) is 11.8 Å². The van der Waals surface area contributed by atoms with Gasteiger partial charge >= 0.3 is 0 Å². The Hall–Kier alpha value is -0.680. The molecule has 1 aliphatic rings. The van der Waals surface area contributed by atoms with Crippen LogP contribution < -0.4 is 5.73 Å². The van der Waals surface area contributed by atoms with Crippen LogP contribution in [0.3, 0.4) is 0 Å². The van der Waals surface area contributed by atoms with E-state index in [0.717, 1.165) is 29.7 Å². The van der Waals surface area contributed by atoms with Crippen LogP contribution in [0.5, 0.6) is 0 Å². The first-order chi connectivity index (χ1) is 8.89. The lowest BCUT2D eigenvalue weighted by Gasteiger charge is -2.23. The van der Waals surface area contributed by atoms with Crippen molar-refractivity contribution in [2.75, 3.05) is 24.6 Å². The summed E-state index contributed by atoms with van der Waals surface area (Å²) in [5.41, 5.74) is 7.06. The predicted octanol–water partition coefficient (Wildman–Crippen LogP) is 3.39. The van der Waals surface area contributed by atoms with Crippen molar-refractivity contribution in [1.29, 1.82) is 0 Å². The van der Waals surface area contributed by atoms with Gasteiger partial charge in [0.2, 0.25) is 0 Å². The molecule has 1 heterocycles. The fraction of sp³-hybridized carbons (Fsp3) is 0.500. The molecule has 0 bridgehead atoms. The molecule has 1 amide bonds. The minimum absolute atomic E-state index is 0.0390. The van der Waals surface area contributed by atoms with Crippen LogP contribution in [0.2, 0.25) is 0 Å². The molecule has 2 rings (SSSR count). The third kappa shape index (κ3) is 3.66. The number of carbonyl (C=O) groups is 1. The van der Waals surface area contributed by atoms with Crippen LogP contribution in [0.4, 0.5) is 5.69 Å². The predicted molar refractivity (Wildman–Crippen MR) is 85.6 cm³/mol. The molecule has 2 N–H and O–H groups in total. The average Bonchev–Trinajstić information content (AvgIpc) is 2.52. The van der Waals surface area contributed by atoms with E-state index in [9.17, 15) is 4.79 Å². The van der Waals surface area contributed by atoms with Crippen molar-refractivity contribution in [3.05, 3.63) is 28.2 Å². The van der Waals surface area contributed by atoms with Crippen molar-refractivity contribution >= 4 is 39.3 Å². The summed E-state index contributed by atoms with van der Waals surface area (Å²) in [4.78, 5) is 14.5. The summed E-state index contributed by atoms with van der Waals surface area (Å²) in [5.74, 6) is 1.02. The second kappa shape index (κ2) is 5.75. The first kappa shape index (κ1) is 14.7. The van der Waals surface area contributed by atoms with E-state index in [1.165, 1.54) is 0 Å². The normalized spacial score (nSPS) is 19.0. The van der Waals surface area contributed by atoms with Crippen LogP contribution in [0, 0.1) is 0 Å². The summed E-state index contributed by atoms with van der Waals surface area (Å²) in [6, 6.07) is 5.43. The van der Waals surface area contributed by atoms with Gasteiger partial charge in [0.15, 0.2) is 0 Å². The van der Waals surface area contributed by atoms with Gasteiger partial charge in [-0.1, -0.05) is 29.8 Å². The van der Waals surface area contributed by atoms with E-state index < -0.39 is 0 Å². The Labute approximate surface area is 127 Å². The molecule has 1 aliphatic heterocycles. The van der Waals surface area contributed by atoms with Crippen LogP contribution in [0.1, 0.15) is 30.6 Å². The number of nitrogens with two attached hydrogens (primary N) is 1. The minimum atomic E-state index is 0.0390. The van der Waals surface area contributed by atoms with Gasteiger partial charge in [-0.3, -0.25) is 4.79 Å². The molecule has 0 aliphatic carbocycles. The molecule has 104 valence electrons. The molecule has 1 fully saturated rings. The van der Waals surface area contributed by atoms with E-state index >= 15 is 0 Å². The molecular formula is C14H19BrN2OS. The monoisotopic (exact) mass is 342 g/mol. The van der Waals surface area contributed by atoms with E-state index in [-0.39, 0.29) is 10.7 Å². The van der Waals surface area contributed by atoms with Crippen molar-refractivity contribution in [2.24, 2.45) is 0 Å². The molecule has 0 unspecified atom stereocenters. The molecule has 19 heavy (non-hydrogen) atoms. The molecule has 0 spiro atoms. The van der Waals surface area contributed by atoms with E-state index in [4.69, 9.17) is 5.73 Å². The van der Waals surface area contributed by atoms with Gasteiger partial charge in [0.25, 0.3) is 5.91 Å². The summed E-state index contributed by atoms with van der Waals surface area (Å²) in [7, 11) is 0. The lowest BCUT2D eigenvalue weighted by molar-refractivity contribution is 0.0765. The minimum Gasteiger partial charge on any atom is -0.398 e. The Bertz CT molecular complexity index is 490. The molecule has 5 heteroatoms. The molecule has 1 aromatic rings. The topological polar surface area (TPSA) is 46.3 Å². The maximum Gasteiger partial charge on any atom is 0.256 e. The summed E-state index contributed by atoms with van der Waals surface area (Å²) in [6.45, 7) is 6.06. The highest BCUT2D eigenvalue weighted by Gasteiger charge is 2.27. The quantitative estimate of drug-likeness (QED) is 0.795. The number of anilines is 1. The maximum absolute atomic E-state index is 12.6. The SMILES string of the molecule is CC1(C)CCN(C(=O)c2cc(Br)ccc2N)CCS1. The van der Waals surface area contributed by atoms with Crippen molar-refractivity contribution in [1.82, 2.24) is 4.90 Å². The number of hydrogen-bond donors (Lipinski definition) is 1. The first-order valence-electron chi connectivity index (χ1n) is 6.37. The Morgan fingerprint density at radius 2 is 2.16 bits per heavy atom. The van der Waals surface area contributed by atoms with Gasteiger partial charge in [0.1, 0.15) is 0 Å². The second-order valence-corrected chi connectivity index (χ2v) is 8.10. The Morgan fingerprint density at radius 1 is 1.42 bits per heavy atom. The number of benzene rings is 1. The Morgan fingerprint density at radius 3 is 2.89 bits per heavy atom. The number of thioether (sulfide) groups is 1. The van der Waals surface area contributed by atoms with Crippen molar-refractivity contribution < 1.29 is 4.79 Å². The van der Waals surface area contributed by atoms with E-state index in [1.807, 2.05) is 22.7 Å². The molecule has 1 saturated heterocycles. The Balaban J connectivity index is 2.17. The number of amides is 1. The standard InChI is InChI=1S/C14H19BrN2OS/c1-14(2)5-6-17(7-8-19-14)13(18)11-9-10(15)3-4-12(11)16/h3-4,9H,5-8,16H2,1-2H3. The number of carbonyl (C=O) groups excluding carboxylic acids is 1. The number of rotatable bonds is 1. The molecular weight excluding hydrogens is 324 g/mol. The second-order valence-electron chi connectivity index (χ2n) is 5.38. The molecule has 3 nitrogen and oxygen atoms in total. The van der Waals surface area contributed by atoms with Gasteiger partial charge in [0, 0.05) is 33.7 Å². The summed E-state index contributed by atoms with van der Waals surface area (Å²) >= 11 is 5.32. The van der Waals surface area contributed by atoms with Crippen LogP contribution in [-0.2, 0) is 0 Å². The summed E-state index contributed by atoms with van der Waals surface area (Å²) in [5, 5.41) is 0. The van der Waals surface area contributed by atoms with Gasteiger partial charge in [0.05, 0.1) is 5.56 Å². The number of halogens is 1. The van der Waals surface area contributed by atoms with Crippen LogP contribution >= 0.6 is 27.7 Å². The average molecular weight is 343 g/mol. The zero-order valence-corrected chi connectivity index (χ0v) is 13.7. The van der Waals surface area contributed by atoms with Crippen molar-refractivity contribution in [3.63, 3.8) is 0 Å². The summed E-state index contributed by atoms with van der Waals surface area (Å²) < 4.78 is 1.13. The fourth-order valence-electron chi connectivity index (χ4n) is 2.11. The highest BCUT2D eigenvalue weighted by molar-refractivity contribution is 9.10. The lowest BCUT2D eigenvalue weighted by atomic mass is 10.1. The fourth-order valence-corrected chi connectivity index (χ4v) is 3.57. The molecule has 0 atom stereocenters. The van der Waals surface area contributed by atoms with E-state index in [0.29, 0.717) is 11.3 Å². The van der Waals surface area contributed by atoms with Crippen LogP contribution in [0.25, 0.3) is 0 Å². The van der Waals surface area contributed by atoms with Crippen molar-refractivity contribution in [3.8, 4) is 0 Å². The first-order valence-corrected chi connectivity index (χ1v) is 8.15. The van der Waals surface area contributed by atoms with Gasteiger partial charge in [-0.05, 0) is 24.6 Å². The zero-order valence-electron chi connectivity index (χ0n) is 11.3. The highest BCUT2D eigenvalue weighted by Crippen LogP contribution is 2.31. The molecule has 0 saturated carbocycles. The van der Waals surface area contributed by atoms with Gasteiger partial charge < -0.3 is 10.6 Å². The largest absolute Gasteiger partial charge is 0.398 e. The Kier molecular flexibility index (Phi) is 4.46. The van der Waals surface area contributed by atoms with E-state index in [2.05, 4.69) is 29.8 Å².